The molecular weight excluding hydrogens is 296 g/mol. The maximum atomic E-state index is 12.3. The molecule has 0 aromatic heterocycles. The van der Waals surface area contributed by atoms with Crippen LogP contribution in [0.25, 0.3) is 0 Å². The van der Waals surface area contributed by atoms with Crippen molar-refractivity contribution in [3.63, 3.8) is 0 Å². The molecule has 120 valence electrons. The lowest BCUT2D eigenvalue weighted by Gasteiger charge is -2.28. The quantitative estimate of drug-likeness (QED) is 0.729. The van der Waals surface area contributed by atoms with Crippen molar-refractivity contribution in [2.45, 2.75) is 25.8 Å². The Balaban J connectivity index is 1.91. The van der Waals surface area contributed by atoms with Gasteiger partial charge < -0.3 is 10.0 Å². The average molecular weight is 318 g/mol. The van der Waals surface area contributed by atoms with Gasteiger partial charge >= 0.3 is 5.97 Å². The third kappa shape index (κ3) is 3.94. The van der Waals surface area contributed by atoms with E-state index in [0.29, 0.717) is 32.5 Å². The summed E-state index contributed by atoms with van der Waals surface area (Å²) >= 11 is 0. The number of carboxylic acids is 1. The van der Waals surface area contributed by atoms with Gasteiger partial charge in [-0.15, -0.1) is 0 Å². The SMILES string of the molecule is CCN(C(=O)CN1CCC(C(=O)O)C1)C1CCS(=O)(=O)C1. The van der Waals surface area contributed by atoms with E-state index in [4.69, 9.17) is 5.11 Å². The molecule has 0 spiro atoms. The van der Waals surface area contributed by atoms with E-state index < -0.39 is 21.7 Å². The number of hydrogen-bond donors (Lipinski definition) is 1. The largest absolute Gasteiger partial charge is 0.481 e. The Labute approximate surface area is 124 Å². The fourth-order valence-corrected chi connectivity index (χ4v) is 4.85. The number of amides is 1. The highest BCUT2D eigenvalue weighted by molar-refractivity contribution is 7.91. The lowest BCUT2D eigenvalue weighted by molar-refractivity contribution is -0.141. The number of carboxylic acid groups (broad SMARTS) is 1. The van der Waals surface area contributed by atoms with Crippen molar-refractivity contribution < 1.29 is 23.1 Å². The van der Waals surface area contributed by atoms with Gasteiger partial charge in [0, 0.05) is 19.1 Å². The molecule has 1 amide bonds. The highest BCUT2D eigenvalue weighted by Gasteiger charge is 2.35. The first kappa shape index (κ1) is 16.2. The van der Waals surface area contributed by atoms with Crippen LogP contribution in [0.2, 0.25) is 0 Å². The van der Waals surface area contributed by atoms with Crippen molar-refractivity contribution in [3.05, 3.63) is 0 Å². The zero-order valence-corrected chi connectivity index (χ0v) is 13.0. The Bertz CT molecular complexity index is 519. The lowest BCUT2D eigenvalue weighted by atomic mass is 10.1. The van der Waals surface area contributed by atoms with E-state index >= 15 is 0 Å². The summed E-state index contributed by atoms with van der Waals surface area (Å²) in [6, 6.07) is -0.231. The van der Waals surface area contributed by atoms with Crippen LogP contribution in [0.3, 0.4) is 0 Å². The molecule has 2 atom stereocenters. The van der Waals surface area contributed by atoms with E-state index in [1.165, 1.54) is 0 Å². The maximum Gasteiger partial charge on any atom is 0.307 e. The van der Waals surface area contributed by atoms with E-state index in [9.17, 15) is 18.0 Å². The van der Waals surface area contributed by atoms with E-state index in [1.54, 1.807) is 4.90 Å². The zero-order valence-electron chi connectivity index (χ0n) is 12.2. The molecule has 0 saturated carbocycles. The van der Waals surface area contributed by atoms with Gasteiger partial charge in [0.15, 0.2) is 9.84 Å². The topological polar surface area (TPSA) is 95.0 Å². The molecule has 0 aliphatic carbocycles. The number of carbonyl (C=O) groups is 2. The van der Waals surface area contributed by atoms with Gasteiger partial charge in [-0.1, -0.05) is 0 Å². The molecule has 2 unspecified atom stereocenters. The molecule has 2 fully saturated rings. The Kier molecular flexibility index (Phi) is 4.88. The highest BCUT2D eigenvalue weighted by atomic mass is 32.2. The molecule has 2 saturated heterocycles. The van der Waals surface area contributed by atoms with E-state index in [0.717, 1.165) is 0 Å². The first-order chi connectivity index (χ1) is 9.82. The average Bonchev–Trinajstić information content (AvgIpc) is 2.97. The Hall–Kier alpha value is -1.15. The summed E-state index contributed by atoms with van der Waals surface area (Å²) in [7, 11) is -3.02. The molecule has 2 rings (SSSR count). The highest BCUT2D eigenvalue weighted by Crippen LogP contribution is 2.20. The number of likely N-dealkylation sites (N-methyl/N-ethyl adjacent to an activating group) is 1. The Morgan fingerprint density at radius 3 is 2.52 bits per heavy atom. The molecule has 0 radical (unpaired) electrons. The number of rotatable bonds is 5. The minimum atomic E-state index is -3.02. The molecule has 2 heterocycles. The van der Waals surface area contributed by atoms with Crippen LogP contribution < -0.4 is 0 Å². The smallest absolute Gasteiger partial charge is 0.307 e. The summed E-state index contributed by atoms with van der Waals surface area (Å²) in [6.07, 6.45) is 1.06. The van der Waals surface area contributed by atoms with Crippen molar-refractivity contribution in [1.29, 1.82) is 0 Å². The van der Waals surface area contributed by atoms with Gasteiger partial charge in [0.2, 0.25) is 5.91 Å². The molecule has 2 aliphatic heterocycles. The number of nitrogens with zero attached hydrogens (tertiary/aromatic N) is 2. The van der Waals surface area contributed by atoms with Gasteiger partial charge in [-0.2, -0.15) is 0 Å². The second kappa shape index (κ2) is 6.31. The van der Waals surface area contributed by atoms with E-state index in [2.05, 4.69) is 0 Å². The third-order valence-corrected chi connectivity index (χ3v) is 6.04. The van der Waals surface area contributed by atoms with Crippen molar-refractivity contribution in [1.82, 2.24) is 9.80 Å². The molecule has 1 N–H and O–H groups in total. The number of aliphatic carboxylic acids is 1. The van der Waals surface area contributed by atoms with Gasteiger partial charge in [-0.3, -0.25) is 14.5 Å². The van der Waals surface area contributed by atoms with Gasteiger partial charge in [-0.05, 0) is 26.3 Å². The van der Waals surface area contributed by atoms with Gasteiger partial charge in [0.1, 0.15) is 0 Å². The summed E-state index contributed by atoms with van der Waals surface area (Å²) < 4.78 is 23.1. The first-order valence-corrected chi connectivity index (χ1v) is 9.09. The fourth-order valence-electron chi connectivity index (χ4n) is 3.12. The van der Waals surface area contributed by atoms with E-state index in [-0.39, 0.29) is 30.0 Å². The molecular formula is C13H22N2O5S. The van der Waals surface area contributed by atoms with E-state index in [1.807, 2.05) is 11.8 Å². The van der Waals surface area contributed by atoms with Crippen LogP contribution in [-0.4, -0.2) is 78.9 Å². The summed E-state index contributed by atoms with van der Waals surface area (Å²) in [5.41, 5.74) is 0. The number of sulfone groups is 1. The maximum absolute atomic E-state index is 12.3. The lowest BCUT2D eigenvalue weighted by Crippen LogP contribution is -2.45. The molecule has 0 bridgehead atoms. The molecule has 0 aromatic carbocycles. The van der Waals surface area contributed by atoms with Crippen molar-refractivity contribution in [2.75, 3.05) is 37.7 Å². The van der Waals surface area contributed by atoms with Gasteiger partial charge in [-0.25, -0.2) is 8.42 Å². The predicted octanol–water partition coefficient (Wildman–Crippen LogP) is -0.571. The van der Waals surface area contributed by atoms with Crippen LogP contribution in [-0.2, 0) is 19.4 Å². The molecule has 2 aliphatic rings. The van der Waals surface area contributed by atoms with Gasteiger partial charge in [0.25, 0.3) is 0 Å². The number of carbonyl (C=O) groups excluding carboxylic acids is 1. The summed E-state index contributed by atoms with van der Waals surface area (Å²) in [4.78, 5) is 26.7. The zero-order chi connectivity index (χ0) is 15.6. The first-order valence-electron chi connectivity index (χ1n) is 7.27. The van der Waals surface area contributed by atoms with Crippen molar-refractivity contribution >= 4 is 21.7 Å². The Morgan fingerprint density at radius 2 is 2.05 bits per heavy atom. The molecule has 8 heteroatoms. The van der Waals surface area contributed by atoms with Gasteiger partial charge in [0.05, 0.1) is 24.0 Å². The minimum absolute atomic E-state index is 0.0460. The normalized spacial score (nSPS) is 28.6. The van der Waals surface area contributed by atoms with Crippen LogP contribution in [0.15, 0.2) is 0 Å². The standard InChI is InChI=1S/C13H22N2O5S/c1-2-15(11-4-6-21(19,20)9-11)12(16)8-14-5-3-10(7-14)13(17)18/h10-11H,2-9H2,1H3,(H,17,18). The fraction of sp³-hybridized carbons (Fsp3) is 0.846. The monoisotopic (exact) mass is 318 g/mol. The molecule has 21 heavy (non-hydrogen) atoms. The summed E-state index contributed by atoms with van der Waals surface area (Å²) in [6.45, 7) is 3.49. The summed E-state index contributed by atoms with van der Waals surface area (Å²) in [5, 5.41) is 8.96. The predicted molar refractivity (Wildman–Crippen MR) is 76.6 cm³/mol. The third-order valence-electron chi connectivity index (χ3n) is 4.29. The minimum Gasteiger partial charge on any atom is -0.481 e. The molecule has 7 nitrogen and oxygen atoms in total. The second-order valence-corrected chi connectivity index (χ2v) is 8.02. The summed E-state index contributed by atoms with van der Waals surface area (Å²) in [5.74, 6) is -1.14. The van der Waals surface area contributed by atoms with Crippen LogP contribution in [0.1, 0.15) is 19.8 Å². The number of hydrogen-bond acceptors (Lipinski definition) is 5. The second-order valence-electron chi connectivity index (χ2n) is 5.80. The Morgan fingerprint density at radius 1 is 1.33 bits per heavy atom. The van der Waals surface area contributed by atoms with Crippen molar-refractivity contribution in [3.8, 4) is 0 Å². The van der Waals surface area contributed by atoms with Crippen LogP contribution >= 0.6 is 0 Å². The van der Waals surface area contributed by atoms with Crippen LogP contribution in [0.5, 0.6) is 0 Å². The van der Waals surface area contributed by atoms with Crippen LogP contribution in [0, 0.1) is 5.92 Å². The van der Waals surface area contributed by atoms with Crippen LogP contribution in [0.4, 0.5) is 0 Å². The molecule has 0 aromatic rings. The van der Waals surface area contributed by atoms with Crippen molar-refractivity contribution in [2.24, 2.45) is 5.92 Å². The number of likely N-dealkylation sites (tertiary alicyclic amines) is 1.